The van der Waals surface area contributed by atoms with E-state index in [1.54, 1.807) is 18.5 Å². The van der Waals surface area contributed by atoms with Crippen molar-refractivity contribution >= 4 is 0 Å². The van der Waals surface area contributed by atoms with Crippen LogP contribution in [0.4, 0.5) is 4.39 Å². The van der Waals surface area contributed by atoms with Gasteiger partial charge in [-0.25, -0.2) is 19.0 Å². The van der Waals surface area contributed by atoms with Gasteiger partial charge in [0.15, 0.2) is 5.82 Å². The highest BCUT2D eigenvalue weighted by atomic mass is 19.1. The van der Waals surface area contributed by atoms with Crippen LogP contribution < -0.4 is 0 Å². The molecule has 0 atom stereocenters. The predicted octanol–water partition coefficient (Wildman–Crippen LogP) is 3.03. The van der Waals surface area contributed by atoms with E-state index in [0.29, 0.717) is 0 Å². The van der Waals surface area contributed by atoms with Crippen molar-refractivity contribution < 1.29 is 4.39 Å². The van der Waals surface area contributed by atoms with E-state index < -0.39 is 0 Å². The largest absolute Gasteiger partial charge is 0.296 e. The molecule has 24 heavy (non-hydrogen) atoms. The lowest BCUT2D eigenvalue weighted by atomic mass is 10.0. The predicted molar refractivity (Wildman–Crippen MR) is 89.2 cm³/mol. The summed E-state index contributed by atoms with van der Waals surface area (Å²) in [6, 6.07) is 6.62. The van der Waals surface area contributed by atoms with Gasteiger partial charge in [0.25, 0.3) is 0 Å². The topological polar surface area (TPSA) is 46.8 Å². The highest BCUT2D eigenvalue weighted by Gasteiger charge is 2.24. The van der Waals surface area contributed by atoms with E-state index in [0.717, 1.165) is 52.7 Å². The minimum atomic E-state index is -0.247. The zero-order valence-corrected chi connectivity index (χ0v) is 13.9. The summed E-state index contributed by atoms with van der Waals surface area (Å²) in [5, 5.41) is 4.67. The molecule has 0 aliphatic carbocycles. The summed E-state index contributed by atoms with van der Waals surface area (Å²) in [7, 11) is 2.06. The molecule has 1 aliphatic rings. The Morgan fingerprint density at radius 1 is 1.12 bits per heavy atom. The number of rotatable bonds is 2. The first-order chi connectivity index (χ1) is 11.5. The number of nitrogens with zero attached hydrogens (tertiary/aromatic N) is 5. The number of halogens is 1. The number of hydrogen-bond acceptors (Lipinski definition) is 4. The highest BCUT2D eigenvalue weighted by Crippen LogP contribution is 2.31. The Bertz CT molecular complexity index is 931. The number of aromatic nitrogens is 4. The van der Waals surface area contributed by atoms with E-state index >= 15 is 0 Å². The quantitative estimate of drug-likeness (QED) is 0.727. The Hall–Kier alpha value is -2.60. The Labute approximate surface area is 139 Å². The SMILES string of the molecule is Cc1nn(-c2ncnc3c2CN(C)C3)c(C)c1-c1cccc(F)c1. The van der Waals surface area contributed by atoms with Crippen LogP contribution in [-0.4, -0.2) is 31.7 Å². The van der Waals surface area contributed by atoms with Crippen molar-refractivity contribution in [1.29, 1.82) is 0 Å². The number of hydrogen-bond donors (Lipinski definition) is 0. The van der Waals surface area contributed by atoms with E-state index in [-0.39, 0.29) is 5.82 Å². The highest BCUT2D eigenvalue weighted by molar-refractivity contribution is 5.69. The zero-order chi connectivity index (χ0) is 16.8. The van der Waals surface area contributed by atoms with Gasteiger partial charge in [-0.3, -0.25) is 4.90 Å². The molecule has 0 saturated heterocycles. The van der Waals surface area contributed by atoms with Crippen molar-refractivity contribution in [2.45, 2.75) is 26.9 Å². The van der Waals surface area contributed by atoms with Gasteiger partial charge in [-0.1, -0.05) is 12.1 Å². The fourth-order valence-electron chi connectivity index (χ4n) is 3.41. The minimum absolute atomic E-state index is 0.247. The maximum atomic E-state index is 13.6. The van der Waals surface area contributed by atoms with Crippen LogP contribution in [0.2, 0.25) is 0 Å². The molecule has 0 saturated carbocycles. The molecule has 0 fully saturated rings. The van der Waals surface area contributed by atoms with Crippen molar-refractivity contribution in [2.75, 3.05) is 7.05 Å². The van der Waals surface area contributed by atoms with E-state index in [1.165, 1.54) is 6.07 Å². The van der Waals surface area contributed by atoms with Gasteiger partial charge < -0.3 is 0 Å². The molecule has 0 bridgehead atoms. The third-order valence-corrected chi connectivity index (χ3v) is 4.46. The number of aryl methyl sites for hydroxylation is 1. The Morgan fingerprint density at radius 2 is 1.96 bits per heavy atom. The molecule has 0 amide bonds. The summed E-state index contributed by atoms with van der Waals surface area (Å²) in [4.78, 5) is 11.0. The fraction of sp³-hybridized carbons (Fsp3) is 0.278. The van der Waals surface area contributed by atoms with Crippen molar-refractivity contribution in [1.82, 2.24) is 24.6 Å². The second-order valence-corrected chi connectivity index (χ2v) is 6.26. The summed E-state index contributed by atoms with van der Waals surface area (Å²) < 4.78 is 15.5. The molecule has 0 N–H and O–H groups in total. The smallest absolute Gasteiger partial charge is 0.161 e. The molecule has 5 nitrogen and oxygen atoms in total. The number of fused-ring (bicyclic) bond motifs is 1. The normalized spacial score (nSPS) is 14.2. The molecule has 2 aromatic heterocycles. The van der Waals surface area contributed by atoms with Crippen LogP contribution in [0.1, 0.15) is 22.6 Å². The molecule has 0 unspecified atom stereocenters. The van der Waals surface area contributed by atoms with Crippen LogP contribution in [0, 0.1) is 19.7 Å². The van der Waals surface area contributed by atoms with Gasteiger partial charge in [0.2, 0.25) is 0 Å². The van der Waals surface area contributed by atoms with Crippen LogP contribution in [-0.2, 0) is 13.1 Å². The van der Waals surface area contributed by atoms with Gasteiger partial charge in [0.05, 0.1) is 17.1 Å². The van der Waals surface area contributed by atoms with Crippen LogP contribution in [0.15, 0.2) is 30.6 Å². The molecule has 3 aromatic rings. The average molecular weight is 323 g/mol. The second-order valence-electron chi connectivity index (χ2n) is 6.26. The van der Waals surface area contributed by atoms with E-state index in [2.05, 4.69) is 27.0 Å². The van der Waals surface area contributed by atoms with Crippen LogP contribution in [0.3, 0.4) is 0 Å². The van der Waals surface area contributed by atoms with Crippen molar-refractivity contribution in [2.24, 2.45) is 0 Å². The van der Waals surface area contributed by atoms with Crippen LogP contribution >= 0.6 is 0 Å². The van der Waals surface area contributed by atoms with Crippen molar-refractivity contribution in [3.63, 3.8) is 0 Å². The van der Waals surface area contributed by atoms with E-state index in [9.17, 15) is 4.39 Å². The van der Waals surface area contributed by atoms with Gasteiger partial charge in [0.1, 0.15) is 12.1 Å². The van der Waals surface area contributed by atoms with E-state index in [1.807, 2.05) is 24.6 Å². The molecule has 4 rings (SSSR count). The number of benzene rings is 1. The minimum Gasteiger partial charge on any atom is -0.296 e. The molecule has 122 valence electrons. The second kappa shape index (κ2) is 5.49. The van der Waals surface area contributed by atoms with Crippen molar-refractivity contribution in [3.05, 3.63) is 59.1 Å². The van der Waals surface area contributed by atoms with Gasteiger partial charge in [-0.2, -0.15) is 5.10 Å². The maximum Gasteiger partial charge on any atom is 0.161 e. The zero-order valence-electron chi connectivity index (χ0n) is 13.9. The standard InChI is InChI=1S/C18H18FN5/c1-11-17(13-5-4-6-14(19)7-13)12(2)24(22-11)18-15-8-23(3)9-16(15)20-10-21-18/h4-7,10H,8-9H2,1-3H3. The molecular weight excluding hydrogens is 305 g/mol. The van der Waals surface area contributed by atoms with Gasteiger partial charge in [-0.05, 0) is 38.6 Å². The summed E-state index contributed by atoms with van der Waals surface area (Å²) >= 11 is 0. The molecule has 3 heterocycles. The lowest BCUT2D eigenvalue weighted by molar-refractivity contribution is 0.351. The van der Waals surface area contributed by atoms with E-state index in [4.69, 9.17) is 0 Å². The van der Waals surface area contributed by atoms with Gasteiger partial charge in [-0.15, -0.1) is 0 Å². The first kappa shape index (κ1) is 15.0. The first-order valence-electron chi connectivity index (χ1n) is 7.88. The van der Waals surface area contributed by atoms with Crippen LogP contribution in [0.5, 0.6) is 0 Å². The lowest BCUT2D eigenvalue weighted by Gasteiger charge is -2.09. The van der Waals surface area contributed by atoms with Gasteiger partial charge in [0, 0.05) is 24.2 Å². The molecule has 0 radical (unpaired) electrons. The summed E-state index contributed by atoms with van der Waals surface area (Å²) in [5.41, 5.74) is 5.75. The molecule has 6 heteroatoms. The summed E-state index contributed by atoms with van der Waals surface area (Å²) in [6.07, 6.45) is 1.59. The van der Waals surface area contributed by atoms with Crippen LogP contribution in [0.25, 0.3) is 16.9 Å². The maximum absolute atomic E-state index is 13.6. The third kappa shape index (κ3) is 2.30. The Kier molecular flexibility index (Phi) is 3.42. The molecule has 0 spiro atoms. The Morgan fingerprint density at radius 3 is 2.75 bits per heavy atom. The lowest BCUT2D eigenvalue weighted by Crippen LogP contribution is -2.10. The molecular formula is C18H18FN5. The first-order valence-corrected chi connectivity index (χ1v) is 7.88. The monoisotopic (exact) mass is 323 g/mol. The summed E-state index contributed by atoms with van der Waals surface area (Å²) in [5.74, 6) is 0.566. The fourth-order valence-corrected chi connectivity index (χ4v) is 3.41. The Balaban J connectivity index is 1.88. The van der Waals surface area contributed by atoms with Gasteiger partial charge >= 0.3 is 0 Å². The average Bonchev–Trinajstić information content (AvgIpc) is 3.06. The molecule has 1 aliphatic heterocycles. The molecule has 1 aromatic carbocycles. The third-order valence-electron chi connectivity index (χ3n) is 4.46. The summed E-state index contributed by atoms with van der Waals surface area (Å²) in [6.45, 7) is 5.56. The van der Waals surface area contributed by atoms with Crippen molar-refractivity contribution in [3.8, 4) is 16.9 Å².